The molecule has 1 saturated heterocycles. The molecule has 1 aliphatic heterocycles. The summed E-state index contributed by atoms with van der Waals surface area (Å²) in [6.45, 7) is 4.50. The molecule has 0 saturated carbocycles. The van der Waals surface area contributed by atoms with Crippen molar-refractivity contribution >= 4 is 41.7 Å². The van der Waals surface area contributed by atoms with Crippen LogP contribution in [0.5, 0.6) is 0 Å². The molecule has 0 aromatic heterocycles. The zero-order chi connectivity index (χ0) is 23.0. The van der Waals surface area contributed by atoms with Gasteiger partial charge in [0, 0.05) is 48.5 Å². The SMILES string of the molecule is O=C(Nc1ccc(N2CCN(S)CC2)cc1)C(NCCc1ccc(Cl)cc1)C1C=CC=CC1. The number of benzene rings is 2. The standard InChI is InChI=1S/C26H31ClN4OS/c27-22-8-6-20(7-9-22)14-15-28-25(21-4-2-1-3-5-21)26(32)29-23-10-12-24(13-11-23)30-16-18-31(33)19-17-30/h1-4,6-13,21,25,28,33H,5,14-19H2,(H,29,32). The van der Waals surface area contributed by atoms with E-state index in [0.717, 1.165) is 49.7 Å². The van der Waals surface area contributed by atoms with E-state index in [4.69, 9.17) is 11.6 Å². The summed E-state index contributed by atoms with van der Waals surface area (Å²) in [5.41, 5.74) is 3.18. The van der Waals surface area contributed by atoms with Crippen molar-refractivity contribution in [2.24, 2.45) is 5.92 Å². The highest BCUT2D eigenvalue weighted by molar-refractivity contribution is 7.77. The third kappa shape index (κ3) is 6.87. The first kappa shape index (κ1) is 23.9. The van der Waals surface area contributed by atoms with Crippen molar-refractivity contribution in [3.8, 4) is 0 Å². The van der Waals surface area contributed by atoms with Crippen LogP contribution in [0.4, 0.5) is 11.4 Å². The lowest BCUT2D eigenvalue weighted by atomic mass is 9.91. The van der Waals surface area contributed by atoms with Gasteiger partial charge < -0.3 is 15.5 Å². The molecule has 4 rings (SSSR count). The second-order valence-corrected chi connectivity index (χ2v) is 9.50. The number of hydrogen-bond acceptors (Lipinski definition) is 5. The number of halogens is 1. The average molecular weight is 483 g/mol. The van der Waals surface area contributed by atoms with Crippen LogP contribution in [0.15, 0.2) is 72.8 Å². The maximum absolute atomic E-state index is 13.2. The number of hydrogen-bond donors (Lipinski definition) is 3. The second kappa shape index (κ2) is 11.7. The third-order valence-electron chi connectivity index (χ3n) is 6.17. The molecular weight excluding hydrogens is 452 g/mol. The third-order valence-corrected chi connectivity index (χ3v) is 6.82. The first-order valence-electron chi connectivity index (χ1n) is 11.5. The van der Waals surface area contributed by atoms with Gasteiger partial charge in [0.2, 0.25) is 5.91 Å². The summed E-state index contributed by atoms with van der Waals surface area (Å²) in [5, 5.41) is 7.34. The highest BCUT2D eigenvalue weighted by atomic mass is 35.5. The minimum atomic E-state index is -0.304. The predicted octanol–water partition coefficient (Wildman–Crippen LogP) is 4.58. The fraction of sp³-hybridized carbons (Fsp3) is 0.346. The van der Waals surface area contributed by atoms with Crippen molar-refractivity contribution in [1.29, 1.82) is 0 Å². The number of nitrogens with one attached hydrogen (secondary N) is 2. The van der Waals surface area contributed by atoms with E-state index in [2.05, 4.69) is 52.6 Å². The molecule has 33 heavy (non-hydrogen) atoms. The van der Waals surface area contributed by atoms with Gasteiger partial charge in [0.15, 0.2) is 0 Å². The molecule has 2 aliphatic rings. The first-order chi connectivity index (χ1) is 16.1. The molecule has 5 nitrogen and oxygen atoms in total. The van der Waals surface area contributed by atoms with Gasteiger partial charge in [-0.3, -0.25) is 4.79 Å². The summed E-state index contributed by atoms with van der Waals surface area (Å²) in [6, 6.07) is 15.7. The summed E-state index contributed by atoms with van der Waals surface area (Å²) in [5.74, 6) is 0.115. The number of anilines is 2. The zero-order valence-electron chi connectivity index (χ0n) is 18.7. The van der Waals surface area contributed by atoms with Crippen LogP contribution in [0.2, 0.25) is 5.02 Å². The van der Waals surface area contributed by atoms with Crippen molar-refractivity contribution in [3.05, 3.63) is 83.4 Å². The molecule has 1 aliphatic carbocycles. The Bertz CT molecular complexity index is 969. The van der Waals surface area contributed by atoms with Crippen LogP contribution in [0.25, 0.3) is 0 Å². The van der Waals surface area contributed by atoms with Gasteiger partial charge in [-0.15, -0.1) is 0 Å². The molecule has 2 aromatic carbocycles. The molecule has 2 N–H and O–H groups in total. The molecule has 2 unspecified atom stereocenters. The van der Waals surface area contributed by atoms with Gasteiger partial charge in [0.25, 0.3) is 0 Å². The van der Waals surface area contributed by atoms with E-state index in [1.807, 2.05) is 52.9 Å². The highest BCUT2D eigenvalue weighted by Crippen LogP contribution is 2.22. The maximum atomic E-state index is 13.2. The fourth-order valence-corrected chi connectivity index (χ4v) is 4.54. The van der Waals surface area contributed by atoms with Gasteiger partial charge in [-0.1, -0.05) is 60.9 Å². The normalized spacial score (nSPS) is 19.5. The van der Waals surface area contributed by atoms with E-state index < -0.39 is 0 Å². The summed E-state index contributed by atoms with van der Waals surface area (Å²) in [7, 11) is 0. The topological polar surface area (TPSA) is 47.6 Å². The molecule has 1 heterocycles. The lowest BCUT2D eigenvalue weighted by Crippen LogP contribution is -2.46. The number of nitrogens with zero attached hydrogens (tertiary/aromatic N) is 2. The van der Waals surface area contributed by atoms with E-state index in [-0.39, 0.29) is 17.9 Å². The first-order valence-corrected chi connectivity index (χ1v) is 12.3. The van der Waals surface area contributed by atoms with Crippen molar-refractivity contribution in [2.75, 3.05) is 42.9 Å². The summed E-state index contributed by atoms with van der Waals surface area (Å²) < 4.78 is 2.04. The summed E-state index contributed by atoms with van der Waals surface area (Å²) in [4.78, 5) is 15.6. The van der Waals surface area contributed by atoms with Crippen molar-refractivity contribution in [1.82, 2.24) is 9.62 Å². The van der Waals surface area contributed by atoms with Gasteiger partial charge in [-0.05, 0) is 61.3 Å². The Labute approximate surface area is 207 Å². The van der Waals surface area contributed by atoms with Crippen LogP contribution in [-0.4, -0.2) is 49.0 Å². The van der Waals surface area contributed by atoms with Gasteiger partial charge >= 0.3 is 0 Å². The Balaban J connectivity index is 1.36. The number of thiol groups is 1. The van der Waals surface area contributed by atoms with Gasteiger partial charge in [-0.2, -0.15) is 0 Å². The summed E-state index contributed by atoms with van der Waals surface area (Å²) in [6.07, 6.45) is 9.97. The molecule has 174 valence electrons. The molecule has 0 radical (unpaired) electrons. The molecule has 0 bridgehead atoms. The maximum Gasteiger partial charge on any atom is 0.242 e. The minimum absolute atomic E-state index is 0.00695. The summed E-state index contributed by atoms with van der Waals surface area (Å²) >= 11 is 10.4. The molecule has 1 fully saturated rings. The number of piperazine rings is 1. The molecule has 2 atom stereocenters. The lowest BCUT2D eigenvalue weighted by Gasteiger charge is -2.33. The molecule has 7 heteroatoms. The number of carbonyl (C=O) groups excluding carboxylic acids is 1. The van der Waals surface area contributed by atoms with E-state index in [1.165, 1.54) is 11.3 Å². The largest absolute Gasteiger partial charge is 0.369 e. The number of allylic oxidation sites excluding steroid dienone is 3. The highest BCUT2D eigenvalue weighted by Gasteiger charge is 2.26. The Kier molecular flexibility index (Phi) is 8.51. The van der Waals surface area contributed by atoms with E-state index in [0.29, 0.717) is 6.54 Å². The molecule has 1 amide bonds. The van der Waals surface area contributed by atoms with E-state index in [1.54, 1.807) is 0 Å². The Morgan fingerprint density at radius 3 is 2.42 bits per heavy atom. The van der Waals surface area contributed by atoms with Crippen LogP contribution >= 0.6 is 24.4 Å². The van der Waals surface area contributed by atoms with Crippen LogP contribution in [0.1, 0.15) is 12.0 Å². The quantitative estimate of drug-likeness (QED) is 0.482. The predicted molar refractivity (Wildman–Crippen MR) is 141 cm³/mol. The van der Waals surface area contributed by atoms with Crippen molar-refractivity contribution < 1.29 is 4.79 Å². The smallest absolute Gasteiger partial charge is 0.242 e. The Morgan fingerprint density at radius 2 is 1.76 bits per heavy atom. The van der Waals surface area contributed by atoms with Gasteiger partial charge in [0.05, 0.1) is 6.04 Å². The molecule has 0 spiro atoms. The van der Waals surface area contributed by atoms with Gasteiger partial charge in [-0.25, -0.2) is 4.31 Å². The van der Waals surface area contributed by atoms with E-state index in [9.17, 15) is 4.79 Å². The fourth-order valence-electron chi connectivity index (χ4n) is 4.24. The zero-order valence-corrected chi connectivity index (χ0v) is 20.3. The lowest BCUT2D eigenvalue weighted by molar-refractivity contribution is -0.119. The molecule has 2 aromatic rings. The number of carbonyl (C=O) groups is 1. The molecular formula is C26H31ClN4OS. The van der Waals surface area contributed by atoms with Crippen molar-refractivity contribution in [2.45, 2.75) is 18.9 Å². The Morgan fingerprint density at radius 1 is 1.03 bits per heavy atom. The van der Waals surface area contributed by atoms with Crippen molar-refractivity contribution in [3.63, 3.8) is 0 Å². The number of amides is 1. The van der Waals surface area contributed by atoms with E-state index >= 15 is 0 Å². The number of rotatable bonds is 8. The van der Waals surface area contributed by atoms with Crippen LogP contribution in [0, 0.1) is 5.92 Å². The van der Waals surface area contributed by atoms with Crippen LogP contribution < -0.4 is 15.5 Å². The minimum Gasteiger partial charge on any atom is -0.369 e. The Hall–Kier alpha value is -2.25. The average Bonchev–Trinajstić information content (AvgIpc) is 2.84. The van der Waals surface area contributed by atoms with Crippen LogP contribution in [-0.2, 0) is 11.2 Å². The second-order valence-electron chi connectivity index (χ2n) is 8.50. The van der Waals surface area contributed by atoms with Gasteiger partial charge in [0.1, 0.15) is 0 Å². The van der Waals surface area contributed by atoms with Crippen LogP contribution in [0.3, 0.4) is 0 Å². The monoisotopic (exact) mass is 482 g/mol.